The molecule has 0 aliphatic rings. The Bertz CT molecular complexity index is 676. The van der Waals surface area contributed by atoms with Crippen molar-refractivity contribution in [1.29, 1.82) is 0 Å². The third kappa shape index (κ3) is 7.10. The van der Waals surface area contributed by atoms with Gasteiger partial charge in [-0.05, 0) is 56.5 Å². The number of halogens is 1. The van der Waals surface area contributed by atoms with E-state index in [0.717, 1.165) is 25.2 Å². The third-order valence-electron chi connectivity index (χ3n) is 4.01. The summed E-state index contributed by atoms with van der Waals surface area (Å²) < 4.78 is 30.4. The fourth-order valence-electron chi connectivity index (χ4n) is 2.72. The van der Waals surface area contributed by atoms with E-state index in [1.54, 1.807) is 12.1 Å². The minimum atomic E-state index is -0.401. The van der Waals surface area contributed by atoms with E-state index in [-0.39, 0.29) is 5.75 Å². The monoisotopic (exact) mass is 375 g/mol. The highest BCUT2D eigenvalue weighted by molar-refractivity contribution is 5.40. The van der Waals surface area contributed by atoms with Gasteiger partial charge in [0.2, 0.25) is 0 Å². The predicted molar refractivity (Wildman–Crippen MR) is 106 cm³/mol. The van der Waals surface area contributed by atoms with Crippen molar-refractivity contribution in [1.82, 2.24) is 5.32 Å². The lowest BCUT2D eigenvalue weighted by Gasteiger charge is -2.16. The highest BCUT2D eigenvalue weighted by Gasteiger charge is 2.10. The van der Waals surface area contributed by atoms with E-state index >= 15 is 0 Å². The first kappa shape index (κ1) is 21.0. The molecule has 0 aliphatic heterocycles. The Morgan fingerprint density at radius 2 is 1.74 bits per heavy atom. The van der Waals surface area contributed by atoms with Gasteiger partial charge in [-0.1, -0.05) is 25.1 Å². The number of hydrogen-bond donors (Lipinski definition) is 1. The summed E-state index contributed by atoms with van der Waals surface area (Å²) in [6, 6.07) is 13.2. The lowest BCUT2D eigenvalue weighted by atomic mass is 10.1. The van der Waals surface area contributed by atoms with Gasteiger partial charge in [0.1, 0.15) is 12.4 Å². The van der Waals surface area contributed by atoms with Gasteiger partial charge in [-0.2, -0.15) is 0 Å². The van der Waals surface area contributed by atoms with Gasteiger partial charge >= 0.3 is 0 Å². The van der Waals surface area contributed by atoms with E-state index in [1.165, 1.54) is 11.6 Å². The zero-order valence-corrected chi connectivity index (χ0v) is 16.5. The number of para-hydroxylation sites is 1. The minimum absolute atomic E-state index is 0.179. The Hall–Kier alpha value is -2.27. The summed E-state index contributed by atoms with van der Waals surface area (Å²) in [4.78, 5) is 0. The summed E-state index contributed by atoms with van der Waals surface area (Å²) in [6.07, 6.45) is 1.92. The molecule has 0 bridgehead atoms. The quantitative estimate of drug-likeness (QED) is 0.550. The first-order chi connectivity index (χ1) is 13.1. The highest BCUT2D eigenvalue weighted by atomic mass is 19.1. The van der Waals surface area contributed by atoms with Crippen LogP contribution in [0.3, 0.4) is 0 Å². The molecule has 5 heteroatoms. The molecule has 4 nitrogen and oxygen atoms in total. The summed E-state index contributed by atoms with van der Waals surface area (Å²) in [5.74, 6) is 1.13. The van der Waals surface area contributed by atoms with E-state index in [2.05, 4.69) is 31.3 Å². The average Bonchev–Trinajstić information content (AvgIpc) is 2.67. The Kier molecular flexibility index (Phi) is 8.92. The molecule has 0 amide bonds. The molecule has 27 heavy (non-hydrogen) atoms. The summed E-state index contributed by atoms with van der Waals surface area (Å²) in [5.41, 5.74) is 1.25. The first-order valence-electron chi connectivity index (χ1n) is 9.63. The van der Waals surface area contributed by atoms with Gasteiger partial charge in [0.15, 0.2) is 17.3 Å². The molecule has 0 aromatic heterocycles. The number of nitrogens with one attached hydrogen (secondary N) is 1. The van der Waals surface area contributed by atoms with Crippen LogP contribution in [-0.2, 0) is 6.42 Å². The molecule has 1 unspecified atom stereocenters. The molecule has 2 rings (SSSR count). The largest absolute Gasteiger partial charge is 0.494 e. The summed E-state index contributed by atoms with van der Waals surface area (Å²) in [7, 11) is 0. The van der Waals surface area contributed by atoms with Gasteiger partial charge in [-0.3, -0.25) is 0 Å². The van der Waals surface area contributed by atoms with E-state index < -0.39 is 5.82 Å². The maximum atomic E-state index is 13.8. The van der Waals surface area contributed by atoms with Crippen molar-refractivity contribution in [2.45, 2.75) is 39.7 Å². The van der Waals surface area contributed by atoms with Gasteiger partial charge in [-0.25, -0.2) is 4.39 Å². The molecule has 0 spiro atoms. The van der Waals surface area contributed by atoms with E-state index in [1.807, 2.05) is 19.1 Å². The van der Waals surface area contributed by atoms with Crippen LogP contribution in [0, 0.1) is 5.82 Å². The first-order valence-corrected chi connectivity index (χ1v) is 9.63. The van der Waals surface area contributed by atoms with Crippen molar-refractivity contribution in [2.24, 2.45) is 0 Å². The summed E-state index contributed by atoms with van der Waals surface area (Å²) in [6.45, 7) is 8.30. The molecule has 2 aromatic rings. The van der Waals surface area contributed by atoms with Gasteiger partial charge < -0.3 is 19.5 Å². The number of benzene rings is 2. The molecule has 0 saturated heterocycles. The second kappa shape index (κ2) is 11.4. The maximum Gasteiger partial charge on any atom is 0.197 e. The van der Waals surface area contributed by atoms with Crippen molar-refractivity contribution in [3.05, 3.63) is 53.8 Å². The number of rotatable bonds is 12. The zero-order chi connectivity index (χ0) is 19.5. The van der Waals surface area contributed by atoms with E-state index in [0.29, 0.717) is 31.5 Å². The van der Waals surface area contributed by atoms with Crippen LogP contribution in [0.1, 0.15) is 32.8 Å². The van der Waals surface area contributed by atoms with Gasteiger partial charge in [0.05, 0.1) is 13.2 Å². The maximum absolute atomic E-state index is 13.8. The molecule has 1 atom stereocenters. The summed E-state index contributed by atoms with van der Waals surface area (Å²) in [5, 5.41) is 3.43. The van der Waals surface area contributed by atoms with Crippen LogP contribution in [0.5, 0.6) is 17.2 Å². The van der Waals surface area contributed by atoms with E-state index in [9.17, 15) is 4.39 Å². The molecular formula is C22H30FNO3. The topological polar surface area (TPSA) is 39.7 Å². The van der Waals surface area contributed by atoms with Crippen LogP contribution >= 0.6 is 0 Å². The Labute approximate surface area is 161 Å². The zero-order valence-electron chi connectivity index (χ0n) is 16.5. The van der Waals surface area contributed by atoms with E-state index in [4.69, 9.17) is 14.2 Å². The molecule has 1 N–H and O–H groups in total. The van der Waals surface area contributed by atoms with Crippen LogP contribution in [0.15, 0.2) is 42.5 Å². The molecule has 2 aromatic carbocycles. The van der Waals surface area contributed by atoms with Crippen molar-refractivity contribution in [3.8, 4) is 17.2 Å². The standard InChI is InChI=1S/C22H30FNO3/c1-4-14-26-19-11-9-18(10-12-19)16-17(3)24-13-15-27-21-8-6-7-20(23)22(21)25-5-2/h6-12,17,24H,4-5,13-16H2,1-3H3. The summed E-state index contributed by atoms with van der Waals surface area (Å²) >= 11 is 0. The van der Waals surface area contributed by atoms with Crippen LogP contribution < -0.4 is 19.5 Å². The number of hydrogen-bond acceptors (Lipinski definition) is 4. The predicted octanol–water partition coefficient (Wildman–Crippen LogP) is 4.61. The fraction of sp³-hybridized carbons (Fsp3) is 0.455. The van der Waals surface area contributed by atoms with Crippen molar-refractivity contribution < 1.29 is 18.6 Å². The van der Waals surface area contributed by atoms with Crippen LogP contribution in [0.25, 0.3) is 0 Å². The van der Waals surface area contributed by atoms with Crippen LogP contribution in [0.2, 0.25) is 0 Å². The molecule has 0 aliphatic carbocycles. The van der Waals surface area contributed by atoms with Crippen molar-refractivity contribution >= 4 is 0 Å². The molecule has 0 radical (unpaired) electrons. The lowest BCUT2D eigenvalue weighted by Crippen LogP contribution is -2.31. The van der Waals surface area contributed by atoms with Crippen LogP contribution in [0.4, 0.5) is 4.39 Å². The molecule has 0 saturated carbocycles. The highest BCUT2D eigenvalue weighted by Crippen LogP contribution is 2.29. The minimum Gasteiger partial charge on any atom is -0.494 e. The lowest BCUT2D eigenvalue weighted by molar-refractivity contribution is 0.263. The van der Waals surface area contributed by atoms with Gasteiger partial charge in [-0.15, -0.1) is 0 Å². The SMILES string of the molecule is CCCOc1ccc(CC(C)NCCOc2cccc(F)c2OCC)cc1. The Morgan fingerprint density at radius 1 is 0.963 bits per heavy atom. The average molecular weight is 375 g/mol. The van der Waals surface area contributed by atoms with Gasteiger partial charge in [0, 0.05) is 12.6 Å². The normalized spacial score (nSPS) is 11.9. The van der Waals surface area contributed by atoms with Crippen molar-refractivity contribution in [3.63, 3.8) is 0 Å². The van der Waals surface area contributed by atoms with Crippen LogP contribution in [-0.4, -0.2) is 32.4 Å². The second-order valence-electron chi connectivity index (χ2n) is 6.40. The third-order valence-corrected chi connectivity index (χ3v) is 4.01. The smallest absolute Gasteiger partial charge is 0.197 e. The van der Waals surface area contributed by atoms with Crippen molar-refractivity contribution in [2.75, 3.05) is 26.4 Å². The fourth-order valence-corrected chi connectivity index (χ4v) is 2.72. The molecule has 148 valence electrons. The Morgan fingerprint density at radius 3 is 2.44 bits per heavy atom. The molecule has 0 fully saturated rings. The second-order valence-corrected chi connectivity index (χ2v) is 6.40. The Balaban J connectivity index is 1.73. The molecule has 0 heterocycles. The number of ether oxygens (including phenoxy) is 3. The van der Waals surface area contributed by atoms with Gasteiger partial charge in [0.25, 0.3) is 0 Å². The molecular weight excluding hydrogens is 345 g/mol.